The highest BCUT2D eigenvalue weighted by molar-refractivity contribution is 5.87. The van der Waals surface area contributed by atoms with Gasteiger partial charge in [-0.2, -0.15) is 0 Å². The van der Waals surface area contributed by atoms with Gasteiger partial charge in [0.25, 0.3) is 0 Å². The van der Waals surface area contributed by atoms with Crippen LogP contribution in [0.4, 0.5) is 0 Å². The summed E-state index contributed by atoms with van der Waals surface area (Å²) in [5.74, 6) is 0.836. The number of ether oxygens (including phenoxy) is 1. The van der Waals surface area contributed by atoms with Crippen molar-refractivity contribution in [2.24, 2.45) is 0 Å². The Hall–Kier alpha value is -2.39. The second-order valence-electron chi connectivity index (χ2n) is 5.27. The zero-order valence-electron chi connectivity index (χ0n) is 12.7. The minimum atomic E-state index is 0.0151. The van der Waals surface area contributed by atoms with Crippen LogP contribution in [0.15, 0.2) is 67.0 Å². The summed E-state index contributed by atoms with van der Waals surface area (Å²) in [5.41, 5.74) is 1.19. The Bertz CT molecular complexity index is 722. The van der Waals surface area contributed by atoms with E-state index < -0.39 is 0 Å². The number of pyridine rings is 1. The van der Waals surface area contributed by atoms with Crippen LogP contribution in [-0.4, -0.2) is 18.6 Å². The molecular weight excluding hydrogens is 272 g/mol. The van der Waals surface area contributed by atoms with Gasteiger partial charge in [-0.05, 0) is 19.2 Å². The maximum atomic E-state index is 6.31. The van der Waals surface area contributed by atoms with Crippen LogP contribution in [0.25, 0.3) is 10.8 Å². The number of benzene rings is 2. The van der Waals surface area contributed by atoms with Gasteiger partial charge in [0.05, 0.1) is 6.20 Å². The average Bonchev–Trinajstić information content (AvgIpc) is 2.59. The second-order valence-corrected chi connectivity index (χ2v) is 5.27. The van der Waals surface area contributed by atoms with Crippen LogP contribution >= 0.6 is 0 Å². The minimum Gasteiger partial charge on any atom is -0.483 e. The molecule has 1 heterocycles. The summed E-state index contributed by atoms with van der Waals surface area (Å²) in [6, 6.07) is 18.5. The Balaban J connectivity index is 1.92. The molecule has 1 N–H and O–H groups in total. The topological polar surface area (TPSA) is 34.1 Å². The Kier molecular flexibility index (Phi) is 4.66. The molecule has 0 spiro atoms. The quantitative estimate of drug-likeness (QED) is 0.746. The van der Waals surface area contributed by atoms with Gasteiger partial charge in [-0.1, -0.05) is 54.6 Å². The van der Waals surface area contributed by atoms with Crippen LogP contribution in [0.1, 0.15) is 18.1 Å². The third-order valence-electron chi connectivity index (χ3n) is 3.73. The molecule has 3 aromatic rings. The Morgan fingerprint density at radius 2 is 1.77 bits per heavy atom. The number of rotatable bonds is 6. The third kappa shape index (κ3) is 3.26. The standard InChI is InChI=1S/C19H20N2O/c1-20-12-11-18(15-7-3-2-4-8-15)22-19-14-21-13-16-9-5-6-10-17(16)19/h2-10,13-14,18,20H,11-12H2,1H3/t18-/m1/s1. The molecule has 0 aliphatic rings. The van der Waals surface area contributed by atoms with E-state index in [4.69, 9.17) is 4.74 Å². The van der Waals surface area contributed by atoms with Crippen molar-refractivity contribution in [1.82, 2.24) is 10.3 Å². The van der Waals surface area contributed by atoms with E-state index >= 15 is 0 Å². The van der Waals surface area contributed by atoms with E-state index in [1.807, 2.05) is 43.6 Å². The van der Waals surface area contributed by atoms with E-state index in [1.165, 1.54) is 5.56 Å². The Morgan fingerprint density at radius 3 is 2.59 bits per heavy atom. The lowest BCUT2D eigenvalue weighted by Crippen LogP contribution is -2.16. The van der Waals surface area contributed by atoms with Gasteiger partial charge < -0.3 is 10.1 Å². The predicted molar refractivity (Wildman–Crippen MR) is 90.1 cm³/mol. The van der Waals surface area contributed by atoms with Crippen molar-refractivity contribution in [2.45, 2.75) is 12.5 Å². The van der Waals surface area contributed by atoms with Crippen molar-refractivity contribution in [1.29, 1.82) is 0 Å². The van der Waals surface area contributed by atoms with Crippen LogP contribution in [0.3, 0.4) is 0 Å². The maximum absolute atomic E-state index is 6.31. The molecule has 3 rings (SSSR count). The molecule has 0 saturated carbocycles. The van der Waals surface area contributed by atoms with Gasteiger partial charge in [0.1, 0.15) is 11.9 Å². The summed E-state index contributed by atoms with van der Waals surface area (Å²) in [5, 5.41) is 5.39. The lowest BCUT2D eigenvalue weighted by atomic mass is 10.1. The van der Waals surface area contributed by atoms with Crippen molar-refractivity contribution in [3.8, 4) is 5.75 Å². The number of fused-ring (bicyclic) bond motifs is 1. The van der Waals surface area contributed by atoms with Crippen LogP contribution in [0.5, 0.6) is 5.75 Å². The van der Waals surface area contributed by atoms with Gasteiger partial charge >= 0.3 is 0 Å². The highest BCUT2D eigenvalue weighted by Gasteiger charge is 2.14. The highest BCUT2D eigenvalue weighted by Crippen LogP contribution is 2.30. The van der Waals surface area contributed by atoms with E-state index in [0.717, 1.165) is 29.5 Å². The van der Waals surface area contributed by atoms with Gasteiger partial charge in [0.15, 0.2) is 0 Å². The number of nitrogens with zero attached hydrogens (tertiary/aromatic N) is 1. The molecular formula is C19H20N2O. The fourth-order valence-corrected chi connectivity index (χ4v) is 2.57. The van der Waals surface area contributed by atoms with Gasteiger partial charge in [-0.25, -0.2) is 0 Å². The molecule has 0 aliphatic heterocycles. The summed E-state index contributed by atoms with van der Waals surface area (Å²) in [6.07, 6.45) is 4.59. The summed E-state index contributed by atoms with van der Waals surface area (Å²) in [7, 11) is 1.96. The number of hydrogen-bond acceptors (Lipinski definition) is 3. The second kappa shape index (κ2) is 7.05. The Labute approximate surface area is 131 Å². The van der Waals surface area contributed by atoms with Gasteiger partial charge in [0, 0.05) is 23.4 Å². The minimum absolute atomic E-state index is 0.0151. The molecule has 0 fully saturated rings. The predicted octanol–water partition coefficient (Wildman–Crippen LogP) is 3.96. The molecule has 2 aromatic carbocycles. The molecule has 0 amide bonds. The lowest BCUT2D eigenvalue weighted by molar-refractivity contribution is 0.197. The number of nitrogens with one attached hydrogen (secondary N) is 1. The average molecular weight is 292 g/mol. The van der Waals surface area contributed by atoms with Gasteiger partial charge in [-0.15, -0.1) is 0 Å². The monoisotopic (exact) mass is 292 g/mol. The fraction of sp³-hybridized carbons (Fsp3) is 0.211. The molecule has 0 saturated heterocycles. The molecule has 0 bridgehead atoms. The smallest absolute Gasteiger partial charge is 0.146 e. The zero-order valence-corrected chi connectivity index (χ0v) is 12.7. The molecule has 0 unspecified atom stereocenters. The number of hydrogen-bond donors (Lipinski definition) is 1. The van der Waals surface area contributed by atoms with Crippen LogP contribution in [-0.2, 0) is 0 Å². The molecule has 1 atom stereocenters. The summed E-state index contributed by atoms with van der Waals surface area (Å²) in [4.78, 5) is 4.30. The molecule has 3 nitrogen and oxygen atoms in total. The first-order valence-electron chi connectivity index (χ1n) is 7.57. The molecule has 0 radical (unpaired) electrons. The van der Waals surface area contributed by atoms with Crippen molar-refractivity contribution in [3.05, 3.63) is 72.6 Å². The third-order valence-corrected chi connectivity index (χ3v) is 3.73. The molecule has 0 aliphatic carbocycles. The van der Waals surface area contributed by atoms with Gasteiger partial charge in [0.2, 0.25) is 0 Å². The normalized spacial score (nSPS) is 12.2. The van der Waals surface area contributed by atoms with E-state index in [-0.39, 0.29) is 6.10 Å². The molecule has 112 valence electrons. The van der Waals surface area contributed by atoms with Crippen molar-refractivity contribution < 1.29 is 4.74 Å². The van der Waals surface area contributed by atoms with E-state index in [0.29, 0.717) is 0 Å². The largest absolute Gasteiger partial charge is 0.483 e. The molecule has 22 heavy (non-hydrogen) atoms. The highest BCUT2D eigenvalue weighted by atomic mass is 16.5. The van der Waals surface area contributed by atoms with E-state index in [9.17, 15) is 0 Å². The van der Waals surface area contributed by atoms with Gasteiger partial charge in [-0.3, -0.25) is 4.98 Å². The fourth-order valence-electron chi connectivity index (χ4n) is 2.57. The lowest BCUT2D eigenvalue weighted by Gasteiger charge is -2.20. The number of aromatic nitrogens is 1. The first-order chi connectivity index (χ1) is 10.9. The molecule has 1 aromatic heterocycles. The first-order valence-corrected chi connectivity index (χ1v) is 7.57. The summed E-state index contributed by atoms with van der Waals surface area (Å²) < 4.78 is 6.31. The van der Waals surface area contributed by atoms with E-state index in [1.54, 1.807) is 6.20 Å². The van der Waals surface area contributed by atoms with Crippen molar-refractivity contribution >= 4 is 10.8 Å². The SMILES string of the molecule is CNCC[C@@H](Oc1cncc2ccccc12)c1ccccc1. The zero-order chi connectivity index (χ0) is 15.2. The van der Waals surface area contributed by atoms with Crippen LogP contribution in [0, 0.1) is 0 Å². The van der Waals surface area contributed by atoms with E-state index in [2.05, 4.69) is 34.6 Å². The van der Waals surface area contributed by atoms with Crippen molar-refractivity contribution in [2.75, 3.05) is 13.6 Å². The first kappa shape index (κ1) is 14.5. The molecule has 3 heteroatoms. The van der Waals surface area contributed by atoms with Crippen LogP contribution < -0.4 is 10.1 Å². The summed E-state index contributed by atoms with van der Waals surface area (Å²) >= 11 is 0. The van der Waals surface area contributed by atoms with Crippen LogP contribution in [0.2, 0.25) is 0 Å². The maximum Gasteiger partial charge on any atom is 0.146 e. The summed E-state index contributed by atoms with van der Waals surface area (Å²) in [6.45, 7) is 0.901. The Morgan fingerprint density at radius 1 is 1.00 bits per heavy atom. The van der Waals surface area contributed by atoms with Crippen molar-refractivity contribution in [3.63, 3.8) is 0 Å².